The van der Waals surface area contributed by atoms with Gasteiger partial charge in [-0.25, -0.2) is 0 Å². The number of benzene rings is 1. The van der Waals surface area contributed by atoms with Gasteiger partial charge in [-0.15, -0.1) is 0 Å². The number of alkyl halides is 26. The van der Waals surface area contributed by atoms with E-state index in [9.17, 15) is 114 Å². The number of rotatable bonds is 10. The molecule has 0 radical (unpaired) electrons. The zero-order valence-electron chi connectivity index (χ0n) is 19.7. The Bertz CT molecular complexity index is 1200. The lowest BCUT2D eigenvalue weighted by atomic mass is 9.88. The molecule has 0 aliphatic carbocycles. The van der Waals surface area contributed by atoms with E-state index in [0.717, 1.165) is 0 Å². The van der Waals surface area contributed by atoms with Gasteiger partial charge < -0.3 is 0 Å². The molecule has 0 atom stereocenters. The van der Waals surface area contributed by atoms with Crippen LogP contribution in [0.4, 0.5) is 114 Å². The molecule has 0 fully saturated rings. The Morgan fingerprint density at radius 3 is 0.630 bits per heavy atom. The first kappa shape index (κ1) is 42.4. The Hall–Kier alpha value is -1.64. The van der Waals surface area contributed by atoms with E-state index in [4.69, 9.17) is 0 Å². The van der Waals surface area contributed by atoms with Gasteiger partial charge in [0.2, 0.25) is 0 Å². The Balaban J connectivity index is 3.95. The molecule has 270 valence electrons. The third kappa shape index (κ3) is 5.35. The molecule has 1 aromatic carbocycles. The van der Waals surface area contributed by atoms with Gasteiger partial charge in [-0.2, -0.15) is 114 Å². The Kier molecular flexibility index (Phi) is 10.1. The van der Waals surface area contributed by atoms with E-state index < -0.39 is 104 Å². The highest BCUT2D eigenvalue weighted by molar-refractivity contribution is 9.11. The molecule has 0 N–H and O–H groups in total. The van der Waals surface area contributed by atoms with Crippen molar-refractivity contribution in [3.63, 3.8) is 0 Å². The molecule has 0 aliphatic rings. The molecule has 0 unspecified atom stereocenters. The lowest BCUT2D eigenvalue weighted by Gasteiger charge is -2.40. The quantitative estimate of drug-likeness (QED) is 0.206. The van der Waals surface area contributed by atoms with Crippen LogP contribution in [-0.2, 0) is 11.8 Å². The fourth-order valence-electron chi connectivity index (χ4n) is 2.91. The average Bonchev–Trinajstić information content (AvgIpc) is 2.82. The molecule has 0 nitrogen and oxygen atoms in total. The maximum atomic E-state index is 14.5. The van der Waals surface area contributed by atoms with Crippen LogP contribution in [0.5, 0.6) is 0 Å². The number of hydrogen-bond acceptors (Lipinski definition) is 0. The number of halogens is 28. The van der Waals surface area contributed by atoms with E-state index in [1.165, 1.54) is 31.9 Å². The van der Waals surface area contributed by atoms with Gasteiger partial charge in [-0.3, -0.25) is 0 Å². The minimum absolute atomic E-state index is 1.34. The van der Waals surface area contributed by atoms with Gasteiger partial charge >= 0.3 is 71.6 Å². The van der Waals surface area contributed by atoms with E-state index in [1.807, 2.05) is 0 Å². The van der Waals surface area contributed by atoms with Gasteiger partial charge in [0.05, 0.1) is 0 Å². The van der Waals surface area contributed by atoms with Crippen LogP contribution in [0.15, 0.2) is 21.1 Å². The molecule has 0 saturated heterocycles. The molecule has 46 heavy (non-hydrogen) atoms. The van der Waals surface area contributed by atoms with Crippen molar-refractivity contribution in [2.24, 2.45) is 0 Å². The Morgan fingerprint density at radius 2 is 0.457 bits per heavy atom. The molecule has 1 aromatic rings. The summed E-state index contributed by atoms with van der Waals surface area (Å²) >= 11 is 2.86. The summed E-state index contributed by atoms with van der Waals surface area (Å²) in [6.07, 6.45) is -15.7. The zero-order valence-corrected chi connectivity index (χ0v) is 22.9. The standard InChI is InChI=1S/C18H2Br2F26/c19-5-1-3(7(21,22)9(25,26)11(29,30)13(33,34)15(37,38)17(41,42)43)6(20)2-4(5)8(23,24)10(27,28)12(31,32)14(35,36)16(39,40)18(44,45)46/h1-2H. The summed E-state index contributed by atoms with van der Waals surface area (Å²) in [4.78, 5) is 0. The van der Waals surface area contributed by atoms with Crippen LogP contribution in [0.2, 0.25) is 0 Å². The van der Waals surface area contributed by atoms with Crippen LogP contribution in [0.1, 0.15) is 11.1 Å². The van der Waals surface area contributed by atoms with Crippen molar-refractivity contribution in [1.82, 2.24) is 0 Å². The van der Waals surface area contributed by atoms with Crippen LogP contribution in [0.25, 0.3) is 0 Å². The van der Waals surface area contributed by atoms with Gasteiger partial charge in [-0.05, 0) is 12.1 Å². The zero-order chi connectivity index (χ0) is 37.7. The third-order valence-electron chi connectivity index (χ3n) is 5.60. The Labute approximate surface area is 250 Å². The van der Waals surface area contributed by atoms with Crippen molar-refractivity contribution in [3.8, 4) is 0 Å². The molecule has 1 rings (SSSR count). The summed E-state index contributed by atoms with van der Waals surface area (Å²) in [5.41, 5.74) is -6.47. The predicted octanol–water partition coefficient (Wildman–Crippen LogP) is 11.6. The molecule has 0 spiro atoms. The van der Waals surface area contributed by atoms with Crippen LogP contribution in [-0.4, -0.2) is 59.7 Å². The average molecular weight is 872 g/mol. The van der Waals surface area contributed by atoms with Crippen molar-refractivity contribution in [2.75, 3.05) is 0 Å². The van der Waals surface area contributed by atoms with Gasteiger partial charge in [0.25, 0.3) is 0 Å². The fourth-order valence-corrected chi connectivity index (χ4v) is 4.09. The van der Waals surface area contributed by atoms with E-state index in [0.29, 0.717) is 0 Å². The molecule has 0 aliphatic heterocycles. The highest BCUT2D eigenvalue weighted by Crippen LogP contribution is 2.65. The maximum absolute atomic E-state index is 14.5. The molecule has 0 bridgehead atoms. The molecular formula is C18H2Br2F26. The fraction of sp³-hybridized carbons (Fsp3) is 0.667. The summed E-state index contributed by atoms with van der Waals surface area (Å²) in [5, 5.41) is 0. The van der Waals surface area contributed by atoms with E-state index in [2.05, 4.69) is 0 Å². The first-order valence-corrected chi connectivity index (χ1v) is 11.5. The monoisotopic (exact) mass is 870 g/mol. The minimum atomic E-state index is -8.50. The van der Waals surface area contributed by atoms with E-state index in [-0.39, 0.29) is 0 Å². The summed E-state index contributed by atoms with van der Waals surface area (Å²) in [6.45, 7) is 0. The lowest BCUT2D eigenvalue weighted by molar-refractivity contribution is -0.442. The first-order valence-electron chi connectivity index (χ1n) is 9.95. The molecule has 0 amide bonds. The lowest BCUT2D eigenvalue weighted by Crippen LogP contribution is -2.69. The summed E-state index contributed by atoms with van der Waals surface area (Å²) in [5.74, 6) is -81.4. The largest absolute Gasteiger partial charge is 0.460 e. The second kappa shape index (κ2) is 10.9. The second-order valence-corrected chi connectivity index (χ2v) is 10.3. The topological polar surface area (TPSA) is 0 Å². The molecule has 0 heterocycles. The molecular weight excluding hydrogens is 870 g/mol. The normalized spacial score (nSPS) is 16.3. The highest BCUT2D eigenvalue weighted by atomic mass is 79.9. The smallest absolute Gasteiger partial charge is 0.194 e. The molecule has 0 saturated carbocycles. The van der Waals surface area contributed by atoms with Gasteiger partial charge in [0.1, 0.15) is 0 Å². The van der Waals surface area contributed by atoms with E-state index in [1.54, 1.807) is 0 Å². The maximum Gasteiger partial charge on any atom is 0.460 e. The van der Waals surface area contributed by atoms with Crippen molar-refractivity contribution >= 4 is 31.9 Å². The van der Waals surface area contributed by atoms with Crippen LogP contribution >= 0.6 is 31.9 Å². The minimum Gasteiger partial charge on any atom is -0.194 e. The predicted molar refractivity (Wildman–Crippen MR) is 101 cm³/mol. The van der Waals surface area contributed by atoms with Gasteiger partial charge in [-0.1, -0.05) is 31.9 Å². The van der Waals surface area contributed by atoms with Crippen molar-refractivity contribution in [3.05, 3.63) is 32.2 Å². The summed E-state index contributed by atoms with van der Waals surface area (Å²) < 4.78 is 343. The van der Waals surface area contributed by atoms with Crippen molar-refractivity contribution in [2.45, 2.75) is 71.6 Å². The van der Waals surface area contributed by atoms with Crippen molar-refractivity contribution in [1.29, 1.82) is 0 Å². The third-order valence-corrected chi connectivity index (χ3v) is 6.91. The molecule has 28 heteroatoms. The highest BCUT2D eigenvalue weighted by Gasteiger charge is 2.92. The summed E-state index contributed by atoms with van der Waals surface area (Å²) in [7, 11) is 0. The van der Waals surface area contributed by atoms with Crippen molar-refractivity contribution < 1.29 is 114 Å². The van der Waals surface area contributed by atoms with Crippen LogP contribution in [0.3, 0.4) is 0 Å². The number of hydrogen-bond donors (Lipinski definition) is 0. The van der Waals surface area contributed by atoms with E-state index >= 15 is 0 Å². The molecule has 0 aromatic heterocycles. The summed E-state index contributed by atoms with van der Waals surface area (Å²) in [6, 6.07) is -2.68. The van der Waals surface area contributed by atoms with Crippen LogP contribution < -0.4 is 0 Å². The van der Waals surface area contributed by atoms with Gasteiger partial charge in [0.15, 0.2) is 0 Å². The SMILES string of the molecule is FC(F)(F)C(F)(F)C(F)(F)C(F)(F)C(F)(F)C(F)(F)c1cc(Br)c(C(F)(F)C(F)(F)C(F)(F)C(F)(F)C(F)(F)C(F)(F)F)cc1Br. The van der Waals surface area contributed by atoms with Crippen LogP contribution in [0, 0.1) is 0 Å². The van der Waals surface area contributed by atoms with Gasteiger partial charge in [0, 0.05) is 20.1 Å². The first-order chi connectivity index (χ1) is 19.5. The second-order valence-electron chi connectivity index (χ2n) is 8.55. The Morgan fingerprint density at radius 1 is 0.283 bits per heavy atom.